The number of aromatic nitrogens is 1. The van der Waals surface area contributed by atoms with E-state index in [1.807, 2.05) is 50.9 Å². The van der Waals surface area contributed by atoms with E-state index in [-0.39, 0.29) is 12.1 Å². The number of anilines is 1. The summed E-state index contributed by atoms with van der Waals surface area (Å²) in [7, 11) is 3.97. The standard InChI is InChI=1S/C17H27N3O2/c1-12-10-13(11-18-15(12)19(5)6)14-8-7-9-20(14)16(21)22-17(2,3)4/h10-11,14H,7-9H2,1-6H3. The number of aryl methyl sites for hydroxylation is 1. The zero-order valence-corrected chi connectivity index (χ0v) is 14.5. The monoisotopic (exact) mass is 305 g/mol. The van der Waals surface area contributed by atoms with Gasteiger partial charge in [-0.3, -0.25) is 0 Å². The highest BCUT2D eigenvalue weighted by Gasteiger charge is 2.33. The lowest BCUT2D eigenvalue weighted by Crippen LogP contribution is -2.36. The molecular weight excluding hydrogens is 278 g/mol. The summed E-state index contributed by atoms with van der Waals surface area (Å²) in [5.74, 6) is 0.963. The van der Waals surface area contributed by atoms with E-state index >= 15 is 0 Å². The molecule has 1 saturated heterocycles. The second kappa shape index (κ2) is 6.15. The molecule has 122 valence electrons. The van der Waals surface area contributed by atoms with Crippen molar-refractivity contribution < 1.29 is 9.53 Å². The van der Waals surface area contributed by atoms with Crippen LogP contribution >= 0.6 is 0 Å². The van der Waals surface area contributed by atoms with Crippen LogP contribution in [0.25, 0.3) is 0 Å². The Morgan fingerprint density at radius 1 is 1.41 bits per heavy atom. The molecule has 1 aromatic heterocycles. The van der Waals surface area contributed by atoms with Gasteiger partial charge in [-0.05, 0) is 57.7 Å². The van der Waals surface area contributed by atoms with Crippen LogP contribution in [0.1, 0.15) is 50.8 Å². The van der Waals surface area contributed by atoms with Gasteiger partial charge in [0.15, 0.2) is 0 Å². The number of hydrogen-bond acceptors (Lipinski definition) is 4. The third-order valence-electron chi connectivity index (χ3n) is 3.76. The molecule has 0 spiro atoms. The van der Waals surface area contributed by atoms with E-state index in [0.717, 1.165) is 36.3 Å². The number of hydrogen-bond donors (Lipinski definition) is 0. The summed E-state index contributed by atoms with van der Waals surface area (Å²) < 4.78 is 5.52. The van der Waals surface area contributed by atoms with Gasteiger partial charge in [0.25, 0.3) is 0 Å². The van der Waals surface area contributed by atoms with Crippen LogP contribution in [0.5, 0.6) is 0 Å². The van der Waals surface area contributed by atoms with Gasteiger partial charge < -0.3 is 14.5 Å². The summed E-state index contributed by atoms with van der Waals surface area (Å²) in [4.78, 5) is 20.7. The third-order valence-corrected chi connectivity index (χ3v) is 3.76. The first-order chi connectivity index (χ1) is 10.2. The molecule has 0 aromatic carbocycles. The molecule has 1 fully saturated rings. The Hall–Kier alpha value is -1.78. The molecule has 1 aromatic rings. The zero-order valence-electron chi connectivity index (χ0n) is 14.5. The zero-order chi connectivity index (χ0) is 16.5. The fraction of sp³-hybridized carbons (Fsp3) is 0.647. The van der Waals surface area contributed by atoms with E-state index in [0.29, 0.717) is 0 Å². The number of carbonyl (C=O) groups is 1. The Kier molecular flexibility index (Phi) is 4.63. The van der Waals surface area contributed by atoms with Crippen molar-refractivity contribution >= 4 is 11.9 Å². The second-order valence-corrected chi connectivity index (χ2v) is 7.14. The minimum atomic E-state index is -0.465. The van der Waals surface area contributed by atoms with E-state index in [1.54, 1.807) is 0 Å². The number of nitrogens with zero attached hydrogens (tertiary/aromatic N) is 3. The largest absolute Gasteiger partial charge is 0.444 e. The average Bonchev–Trinajstić information content (AvgIpc) is 2.85. The molecule has 2 rings (SSSR count). The summed E-state index contributed by atoms with van der Waals surface area (Å²) in [6.45, 7) is 8.49. The first-order valence-electron chi connectivity index (χ1n) is 7.82. The lowest BCUT2D eigenvalue weighted by molar-refractivity contribution is 0.0224. The first-order valence-corrected chi connectivity index (χ1v) is 7.82. The van der Waals surface area contributed by atoms with E-state index in [9.17, 15) is 4.79 Å². The van der Waals surface area contributed by atoms with Gasteiger partial charge in [0.1, 0.15) is 11.4 Å². The van der Waals surface area contributed by atoms with Crippen LogP contribution in [0.4, 0.5) is 10.6 Å². The van der Waals surface area contributed by atoms with Crippen molar-refractivity contribution in [2.45, 2.75) is 52.2 Å². The van der Waals surface area contributed by atoms with Crippen molar-refractivity contribution in [2.24, 2.45) is 0 Å². The maximum absolute atomic E-state index is 12.4. The van der Waals surface area contributed by atoms with Gasteiger partial charge in [0.2, 0.25) is 0 Å². The van der Waals surface area contributed by atoms with Crippen molar-refractivity contribution in [2.75, 3.05) is 25.5 Å². The van der Waals surface area contributed by atoms with Crippen LogP contribution < -0.4 is 4.90 Å². The van der Waals surface area contributed by atoms with Gasteiger partial charge in [-0.15, -0.1) is 0 Å². The second-order valence-electron chi connectivity index (χ2n) is 7.14. The Balaban J connectivity index is 2.20. The molecule has 1 aliphatic rings. The van der Waals surface area contributed by atoms with Crippen LogP contribution in [0, 0.1) is 6.92 Å². The first kappa shape index (κ1) is 16.6. The van der Waals surface area contributed by atoms with Gasteiger partial charge in [-0.2, -0.15) is 0 Å². The smallest absolute Gasteiger partial charge is 0.410 e. The molecule has 1 aliphatic heterocycles. The molecule has 1 atom stereocenters. The Morgan fingerprint density at radius 2 is 2.09 bits per heavy atom. The normalized spacial score (nSPS) is 18.5. The Labute approximate surface area is 133 Å². The number of ether oxygens (including phenoxy) is 1. The highest BCUT2D eigenvalue weighted by Crippen LogP contribution is 2.34. The SMILES string of the molecule is Cc1cc(C2CCCN2C(=O)OC(C)(C)C)cnc1N(C)C. The van der Waals surface area contributed by atoms with Crippen molar-refractivity contribution in [3.05, 3.63) is 23.4 Å². The summed E-state index contributed by atoms with van der Waals surface area (Å²) in [5, 5.41) is 0. The van der Waals surface area contributed by atoms with E-state index in [2.05, 4.69) is 18.0 Å². The minimum absolute atomic E-state index is 0.0669. The number of pyridine rings is 1. The molecule has 0 radical (unpaired) electrons. The minimum Gasteiger partial charge on any atom is -0.444 e. The van der Waals surface area contributed by atoms with Gasteiger partial charge in [0.05, 0.1) is 6.04 Å². The molecule has 5 heteroatoms. The van der Waals surface area contributed by atoms with Gasteiger partial charge in [-0.25, -0.2) is 9.78 Å². The molecule has 5 nitrogen and oxygen atoms in total. The highest BCUT2D eigenvalue weighted by atomic mass is 16.6. The topological polar surface area (TPSA) is 45.7 Å². The molecule has 2 heterocycles. The molecule has 0 aliphatic carbocycles. The number of amides is 1. The van der Waals surface area contributed by atoms with Crippen LogP contribution in [0.15, 0.2) is 12.3 Å². The van der Waals surface area contributed by atoms with Gasteiger partial charge in [0, 0.05) is 26.8 Å². The van der Waals surface area contributed by atoms with Crippen molar-refractivity contribution in [3.63, 3.8) is 0 Å². The fourth-order valence-corrected chi connectivity index (χ4v) is 2.89. The van der Waals surface area contributed by atoms with Crippen molar-refractivity contribution in [1.82, 2.24) is 9.88 Å². The van der Waals surface area contributed by atoms with Crippen LogP contribution in [0.3, 0.4) is 0 Å². The Bertz CT molecular complexity index is 549. The predicted octanol–water partition coefficient (Wildman–Crippen LogP) is 3.53. The number of rotatable bonds is 2. The van der Waals surface area contributed by atoms with E-state index < -0.39 is 5.60 Å². The van der Waals surface area contributed by atoms with Crippen LogP contribution in [0.2, 0.25) is 0 Å². The fourth-order valence-electron chi connectivity index (χ4n) is 2.89. The summed E-state index contributed by atoms with van der Waals surface area (Å²) in [6.07, 6.45) is 3.61. The summed E-state index contributed by atoms with van der Waals surface area (Å²) in [5.41, 5.74) is 1.75. The van der Waals surface area contributed by atoms with Gasteiger partial charge in [-0.1, -0.05) is 0 Å². The maximum Gasteiger partial charge on any atom is 0.410 e. The molecule has 0 bridgehead atoms. The molecule has 1 amide bonds. The summed E-state index contributed by atoms with van der Waals surface area (Å²) >= 11 is 0. The van der Waals surface area contributed by atoms with Crippen LogP contribution in [-0.2, 0) is 4.74 Å². The van der Waals surface area contributed by atoms with Crippen molar-refractivity contribution in [1.29, 1.82) is 0 Å². The lowest BCUT2D eigenvalue weighted by Gasteiger charge is -2.29. The third kappa shape index (κ3) is 3.70. The molecule has 0 N–H and O–H groups in total. The predicted molar refractivity (Wildman–Crippen MR) is 88.2 cm³/mol. The molecule has 1 unspecified atom stereocenters. The van der Waals surface area contributed by atoms with Crippen LogP contribution in [-0.4, -0.2) is 42.2 Å². The molecular formula is C17H27N3O2. The Morgan fingerprint density at radius 3 is 2.64 bits per heavy atom. The maximum atomic E-state index is 12.4. The van der Waals surface area contributed by atoms with Gasteiger partial charge >= 0.3 is 6.09 Å². The molecule has 0 saturated carbocycles. The highest BCUT2D eigenvalue weighted by molar-refractivity contribution is 5.69. The summed E-state index contributed by atoms with van der Waals surface area (Å²) in [6, 6.07) is 2.20. The quantitative estimate of drug-likeness (QED) is 0.838. The molecule has 22 heavy (non-hydrogen) atoms. The number of likely N-dealkylation sites (tertiary alicyclic amines) is 1. The van der Waals surface area contributed by atoms with E-state index in [4.69, 9.17) is 4.74 Å². The average molecular weight is 305 g/mol. The van der Waals surface area contributed by atoms with Crippen molar-refractivity contribution in [3.8, 4) is 0 Å². The lowest BCUT2D eigenvalue weighted by atomic mass is 10.0. The number of carbonyl (C=O) groups excluding carboxylic acids is 1. The van der Waals surface area contributed by atoms with E-state index in [1.165, 1.54) is 0 Å².